The quantitative estimate of drug-likeness (QED) is 0.675. The Morgan fingerprint density at radius 3 is 1.95 bits per heavy atom. The molecule has 0 heterocycles. The molecule has 0 saturated carbocycles. The van der Waals surface area contributed by atoms with Crippen LogP contribution in [0, 0.1) is 6.92 Å². The number of rotatable bonds is 2. The maximum absolute atomic E-state index is 12.6. The molecule has 22 heavy (non-hydrogen) atoms. The van der Waals surface area contributed by atoms with E-state index in [1.54, 1.807) is 19.1 Å². The van der Waals surface area contributed by atoms with E-state index in [-0.39, 0.29) is 11.2 Å². The number of ether oxygens (including phenoxy) is 1. The average molecular weight is 308 g/mol. The van der Waals surface area contributed by atoms with Crippen LogP contribution in [0.25, 0.3) is 11.1 Å². The topological polar surface area (TPSA) is 9.23 Å². The fourth-order valence-electron chi connectivity index (χ4n) is 2.23. The van der Waals surface area contributed by atoms with Crippen LogP contribution in [0.2, 0.25) is 0 Å². The van der Waals surface area contributed by atoms with Gasteiger partial charge in [0.2, 0.25) is 0 Å². The summed E-state index contributed by atoms with van der Waals surface area (Å²) in [4.78, 5) is 0. The summed E-state index contributed by atoms with van der Waals surface area (Å²) in [6.07, 6.45) is -4.70. The minimum atomic E-state index is -4.70. The van der Waals surface area contributed by atoms with Crippen molar-refractivity contribution < 1.29 is 17.9 Å². The number of halogens is 3. The fourth-order valence-corrected chi connectivity index (χ4v) is 2.23. The van der Waals surface area contributed by atoms with Crippen LogP contribution in [0.3, 0.4) is 0 Å². The Morgan fingerprint density at radius 2 is 1.45 bits per heavy atom. The Labute approximate surface area is 128 Å². The first-order valence-electron chi connectivity index (χ1n) is 7.03. The smallest absolute Gasteiger partial charge is 0.405 e. The molecule has 0 saturated heterocycles. The first-order valence-corrected chi connectivity index (χ1v) is 7.03. The van der Waals surface area contributed by atoms with Crippen molar-refractivity contribution >= 4 is 0 Å². The van der Waals surface area contributed by atoms with E-state index in [4.69, 9.17) is 0 Å². The van der Waals surface area contributed by atoms with Gasteiger partial charge >= 0.3 is 6.36 Å². The minimum Gasteiger partial charge on any atom is -0.405 e. The summed E-state index contributed by atoms with van der Waals surface area (Å²) < 4.78 is 41.9. The second-order valence-corrected chi connectivity index (χ2v) is 6.37. The van der Waals surface area contributed by atoms with Crippen molar-refractivity contribution in [2.45, 2.75) is 39.5 Å². The van der Waals surface area contributed by atoms with Crippen LogP contribution in [0.4, 0.5) is 13.2 Å². The molecule has 1 nitrogen and oxygen atoms in total. The van der Waals surface area contributed by atoms with Crippen LogP contribution in [0.5, 0.6) is 5.75 Å². The van der Waals surface area contributed by atoms with E-state index in [0.717, 1.165) is 5.56 Å². The lowest BCUT2D eigenvalue weighted by Crippen LogP contribution is -2.17. The molecule has 118 valence electrons. The fraction of sp³-hybridized carbons (Fsp3) is 0.333. The standard InChI is InChI=1S/C18H19F3O/c1-12-5-10-15(16(11-12)22-18(19,20)21)13-6-8-14(9-7-13)17(2,3)4/h5-11H,1-4H3. The third kappa shape index (κ3) is 4.03. The van der Waals surface area contributed by atoms with Crippen molar-refractivity contribution in [1.82, 2.24) is 0 Å². The van der Waals surface area contributed by atoms with E-state index in [1.807, 2.05) is 24.3 Å². The molecular formula is C18H19F3O. The van der Waals surface area contributed by atoms with E-state index in [1.165, 1.54) is 6.07 Å². The van der Waals surface area contributed by atoms with Gasteiger partial charge < -0.3 is 4.74 Å². The Hall–Kier alpha value is -1.97. The minimum absolute atomic E-state index is 0.00287. The van der Waals surface area contributed by atoms with Gasteiger partial charge in [0.1, 0.15) is 5.75 Å². The monoisotopic (exact) mass is 308 g/mol. The molecule has 0 spiro atoms. The third-order valence-electron chi connectivity index (χ3n) is 3.42. The molecule has 0 aliphatic carbocycles. The Kier molecular flexibility index (Phi) is 4.23. The highest BCUT2D eigenvalue weighted by molar-refractivity contribution is 5.71. The maximum atomic E-state index is 12.6. The largest absolute Gasteiger partial charge is 0.573 e. The van der Waals surface area contributed by atoms with Gasteiger partial charge in [-0.15, -0.1) is 13.2 Å². The van der Waals surface area contributed by atoms with Crippen molar-refractivity contribution in [3.8, 4) is 16.9 Å². The molecule has 0 aliphatic rings. The lowest BCUT2D eigenvalue weighted by molar-refractivity contribution is -0.274. The van der Waals surface area contributed by atoms with Gasteiger partial charge in [0.25, 0.3) is 0 Å². The summed E-state index contributed by atoms with van der Waals surface area (Å²) in [6, 6.07) is 12.4. The molecule has 0 N–H and O–H groups in total. The molecule has 0 aliphatic heterocycles. The van der Waals surface area contributed by atoms with Gasteiger partial charge in [0.05, 0.1) is 0 Å². The van der Waals surface area contributed by atoms with Crippen LogP contribution >= 0.6 is 0 Å². The third-order valence-corrected chi connectivity index (χ3v) is 3.42. The zero-order chi connectivity index (χ0) is 16.5. The Morgan fingerprint density at radius 1 is 0.864 bits per heavy atom. The van der Waals surface area contributed by atoms with Crippen LogP contribution in [-0.4, -0.2) is 6.36 Å². The summed E-state index contributed by atoms with van der Waals surface area (Å²) in [5.41, 5.74) is 2.98. The molecule has 2 aromatic rings. The summed E-state index contributed by atoms with van der Waals surface area (Å²) in [5, 5.41) is 0. The number of hydrogen-bond acceptors (Lipinski definition) is 1. The van der Waals surface area contributed by atoms with E-state index in [9.17, 15) is 13.2 Å². The predicted molar refractivity (Wildman–Crippen MR) is 82.0 cm³/mol. The molecule has 0 aromatic heterocycles. The SMILES string of the molecule is Cc1ccc(-c2ccc(C(C)(C)C)cc2)c(OC(F)(F)F)c1. The van der Waals surface area contributed by atoms with Crippen molar-refractivity contribution in [3.63, 3.8) is 0 Å². The number of benzene rings is 2. The van der Waals surface area contributed by atoms with Crippen LogP contribution in [0.15, 0.2) is 42.5 Å². The summed E-state index contributed by atoms with van der Waals surface area (Å²) in [7, 11) is 0. The first kappa shape index (κ1) is 16.4. The predicted octanol–water partition coefficient (Wildman–Crippen LogP) is 5.86. The zero-order valence-electron chi connectivity index (χ0n) is 13.1. The van der Waals surface area contributed by atoms with E-state index in [0.29, 0.717) is 16.7 Å². The second kappa shape index (κ2) is 5.67. The van der Waals surface area contributed by atoms with Crippen LogP contribution in [0.1, 0.15) is 31.9 Å². The summed E-state index contributed by atoms with van der Waals surface area (Å²) >= 11 is 0. The Bertz CT molecular complexity index is 650. The zero-order valence-corrected chi connectivity index (χ0v) is 13.1. The molecule has 4 heteroatoms. The average Bonchev–Trinajstić information content (AvgIpc) is 2.36. The lowest BCUT2D eigenvalue weighted by atomic mass is 9.86. The van der Waals surface area contributed by atoms with E-state index in [2.05, 4.69) is 25.5 Å². The van der Waals surface area contributed by atoms with Gasteiger partial charge in [-0.2, -0.15) is 0 Å². The molecule has 0 fully saturated rings. The number of hydrogen-bond donors (Lipinski definition) is 0. The van der Waals surface area contributed by atoms with Crippen molar-refractivity contribution in [1.29, 1.82) is 0 Å². The second-order valence-electron chi connectivity index (χ2n) is 6.37. The molecule has 0 atom stereocenters. The van der Waals surface area contributed by atoms with Gasteiger partial charge in [-0.3, -0.25) is 0 Å². The number of alkyl halides is 3. The lowest BCUT2D eigenvalue weighted by Gasteiger charge is -2.20. The summed E-state index contributed by atoms with van der Waals surface area (Å²) in [6.45, 7) is 8.00. The number of aryl methyl sites for hydroxylation is 1. The van der Waals surface area contributed by atoms with Crippen LogP contribution in [-0.2, 0) is 5.41 Å². The highest BCUT2D eigenvalue weighted by Gasteiger charge is 2.32. The molecule has 0 bridgehead atoms. The van der Waals surface area contributed by atoms with Gasteiger partial charge in [-0.1, -0.05) is 57.2 Å². The maximum Gasteiger partial charge on any atom is 0.573 e. The van der Waals surface area contributed by atoms with E-state index >= 15 is 0 Å². The van der Waals surface area contributed by atoms with Gasteiger partial charge in [-0.25, -0.2) is 0 Å². The van der Waals surface area contributed by atoms with Gasteiger partial charge in [0, 0.05) is 5.56 Å². The molecule has 0 amide bonds. The highest BCUT2D eigenvalue weighted by atomic mass is 19.4. The van der Waals surface area contributed by atoms with E-state index < -0.39 is 6.36 Å². The molecule has 2 rings (SSSR count). The molecule has 0 radical (unpaired) electrons. The van der Waals surface area contributed by atoms with Crippen LogP contribution < -0.4 is 4.74 Å². The van der Waals surface area contributed by atoms with Crippen molar-refractivity contribution in [2.75, 3.05) is 0 Å². The molecular weight excluding hydrogens is 289 g/mol. The summed E-state index contributed by atoms with van der Waals surface area (Å²) in [5.74, 6) is -0.170. The van der Waals surface area contributed by atoms with Crippen molar-refractivity contribution in [3.05, 3.63) is 53.6 Å². The first-order chi connectivity index (χ1) is 10.1. The normalized spacial score (nSPS) is 12.3. The van der Waals surface area contributed by atoms with Gasteiger partial charge in [-0.05, 0) is 35.1 Å². The van der Waals surface area contributed by atoms with Crippen molar-refractivity contribution in [2.24, 2.45) is 0 Å². The molecule has 2 aromatic carbocycles. The Balaban J connectivity index is 2.44. The van der Waals surface area contributed by atoms with Gasteiger partial charge in [0.15, 0.2) is 0 Å². The molecule has 0 unspecified atom stereocenters. The highest BCUT2D eigenvalue weighted by Crippen LogP contribution is 2.35.